The van der Waals surface area contributed by atoms with Gasteiger partial charge >= 0.3 is 0 Å². The lowest BCUT2D eigenvalue weighted by atomic mass is 9.49. The summed E-state index contributed by atoms with van der Waals surface area (Å²) in [7, 11) is 1.58. The molecule has 1 aromatic carbocycles. The van der Waals surface area contributed by atoms with Gasteiger partial charge in [0.15, 0.2) is 0 Å². The van der Waals surface area contributed by atoms with Crippen LogP contribution in [0.25, 0.3) is 0 Å². The molecule has 4 aliphatic carbocycles. The average Bonchev–Trinajstić information content (AvgIpc) is 2.61. The standard InChI is InChI=1S/C21H28N2O3/c1-26-18-5-3-2-4-17(18)23-19(24)6-7-22-20(25)21-11-14-8-15(12-21)10-16(9-14)13-21/h2-5,14-16H,6-13H2,1H3,(H,22,25)(H,23,24). The minimum Gasteiger partial charge on any atom is -0.495 e. The van der Waals surface area contributed by atoms with Crippen molar-refractivity contribution in [3.05, 3.63) is 24.3 Å². The summed E-state index contributed by atoms with van der Waals surface area (Å²) in [6.45, 7) is 0.390. The molecule has 0 atom stereocenters. The first-order chi connectivity index (χ1) is 12.6. The lowest BCUT2D eigenvalue weighted by Gasteiger charge is -2.55. The molecule has 140 valence electrons. The summed E-state index contributed by atoms with van der Waals surface area (Å²) in [5, 5.41) is 5.91. The smallest absolute Gasteiger partial charge is 0.226 e. The molecule has 4 aliphatic rings. The van der Waals surface area contributed by atoms with Crippen LogP contribution in [0.5, 0.6) is 5.75 Å². The number of carbonyl (C=O) groups excluding carboxylic acids is 2. The minimum atomic E-state index is -0.145. The van der Waals surface area contributed by atoms with E-state index in [1.807, 2.05) is 24.3 Å². The van der Waals surface area contributed by atoms with E-state index >= 15 is 0 Å². The predicted octanol–water partition coefficient (Wildman–Crippen LogP) is 3.36. The number of nitrogens with one attached hydrogen (secondary N) is 2. The van der Waals surface area contributed by atoms with Crippen LogP contribution in [-0.4, -0.2) is 25.5 Å². The maximum Gasteiger partial charge on any atom is 0.226 e. The van der Waals surface area contributed by atoms with Crippen molar-refractivity contribution in [3.8, 4) is 5.75 Å². The Morgan fingerprint density at radius 3 is 2.31 bits per heavy atom. The summed E-state index contributed by atoms with van der Waals surface area (Å²) in [5.74, 6) is 2.96. The third-order valence-electron chi connectivity index (χ3n) is 6.54. The van der Waals surface area contributed by atoms with E-state index in [4.69, 9.17) is 4.74 Å². The molecular formula is C21H28N2O3. The topological polar surface area (TPSA) is 67.4 Å². The molecule has 26 heavy (non-hydrogen) atoms. The number of hydrogen-bond acceptors (Lipinski definition) is 3. The second-order valence-electron chi connectivity index (χ2n) is 8.45. The van der Waals surface area contributed by atoms with Crippen LogP contribution in [0, 0.1) is 23.2 Å². The average molecular weight is 356 g/mol. The van der Waals surface area contributed by atoms with Crippen molar-refractivity contribution < 1.29 is 14.3 Å². The Bertz CT molecular complexity index is 665. The van der Waals surface area contributed by atoms with Gasteiger partial charge in [-0.05, 0) is 68.4 Å². The molecule has 0 spiro atoms. The molecule has 5 nitrogen and oxygen atoms in total. The molecule has 4 fully saturated rings. The number of benzene rings is 1. The summed E-state index contributed by atoms with van der Waals surface area (Å²) in [5.41, 5.74) is 0.515. The Morgan fingerprint density at radius 2 is 1.69 bits per heavy atom. The van der Waals surface area contributed by atoms with Gasteiger partial charge in [-0.25, -0.2) is 0 Å². The van der Waals surface area contributed by atoms with E-state index in [2.05, 4.69) is 10.6 Å². The van der Waals surface area contributed by atoms with Gasteiger partial charge in [0.05, 0.1) is 12.8 Å². The predicted molar refractivity (Wildman–Crippen MR) is 99.9 cm³/mol. The number of methoxy groups -OCH3 is 1. The van der Waals surface area contributed by atoms with Gasteiger partial charge in [-0.15, -0.1) is 0 Å². The lowest BCUT2D eigenvalue weighted by molar-refractivity contribution is -0.146. The number of hydrogen-bond donors (Lipinski definition) is 2. The summed E-state index contributed by atoms with van der Waals surface area (Å²) in [6.07, 6.45) is 7.42. The van der Waals surface area contributed by atoms with Crippen molar-refractivity contribution in [2.45, 2.75) is 44.9 Å². The third kappa shape index (κ3) is 3.31. The Kier molecular flexibility index (Phi) is 4.63. The molecule has 4 saturated carbocycles. The van der Waals surface area contributed by atoms with Crippen molar-refractivity contribution in [2.24, 2.45) is 23.2 Å². The quantitative estimate of drug-likeness (QED) is 0.821. The van der Waals surface area contributed by atoms with Crippen LogP contribution in [0.3, 0.4) is 0 Å². The number of amides is 2. The lowest BCUT2D eigenvalue weighted by Crippen LogP contribution is -2.53. The Morgan fingerprint density at radius 1 is 1.08 bits per heavy atom. The van der Waals surface area contributed by atoms with Gasteiger partial charge in [-0.3, -0.25) is 9.59 Å². The molecule has 0 saturated heterocycles. The van der Waals surface area contributed by atoms with Gasteiger partial charge in [-0.2, -0.15) is 0 Å². The van der Waals surface area contributed by atoms with Crippen LogP contribution >= 0.6 is 0 Å². The van der Waals surface area contributed by atoms with E-state index in [1.165, 1.54) is 19.3 Å². The second-order valence-corrected chi connectivity index (χ2v) is 8.45. The molecular weight excluding hydrogens is 328 g/mol. The second kappa shape index (κ2) is 6.93. The SMILES string of the molecule is COc1ccccc1NC(=O)CCNC(=O)C12CC3CC(CC(C3)C1)C2. The zero-order valence-electron chi connectivity index (χ0n) is 15.4. The Hall–Kier alpha value is -2.04. The monoisotopic (exact) mass is 356 g/mol. The van der Waals surface area contributed by atoms with Gasteiger partial charge in [0, 0.05) is 18.4 Å². The van der Waals surface area contributed by atoms with Gasteiger partial charge in [-0.1, -0.05) is 12.1 Å². The van der Waals surface area contributed by atoms with Crippen LogP contribution < -0.4 is 15.4 Å². The van der Waals surface area contributed by atoms with E-state index in [1.54, 1.807) is 7.11 Å². The molecule has 0 aromatic heterocycles. The Balaban J connectivity index is 1.28. The minimum absolute atomic E-state index is 0.111. The molecule has 0 aliphatic heterocycles. The Labute approximate surface area is 154 Å². The fraction of sp³-hybridized carbons (Fsp3) is 0.619. The zero-order valence-corrected chi connectivity index (χ0v) is 15.4. The van der Waals surface area contributed by atoms with Crippen molar-refractivity contribution in [1.82, 2.24) is 5.32 Å². The van der Waals surface area contributed by atoms with Crippen LogP contribution in [0.1, 0.15) is 44.9 Å². The van der Waals surface area contributed by atoms with E-state index < -0.39 is 0 Å². The first-order valence-electron chi connectivity index (χ1n) is 9.79. The molecule has 0 radical (unpaired) electrons. The normalized spacial score (nSPS) is 31.5. The number of ether oxygens (including phenoxy) is 1. The van der Waals surface area contributed by atoms with Gasteiger partial charge in [0.2, 0.25) is 11.8 Å². The zero-order chi connectivity index (χ0) is 18.1. The highest BCUT2D eigenvalue weighted by Crippen LogP contribution is 2.60. The molecule has 1 aromatic rings. The number of carbonyl (C=O) groups is 2. The van der Waals surface area contributed by atoms with Gasteiger partial charge in [0.1, 0.15) is 5.75 Å². The summed E-state index contributed by atoms with van der Waals surface area (Å²) >= 11 is 0. The van der Waals surface area contributed by atoms with Crippen molar-refractivity contribution in [1.29, 1.82) is 0 Å². The molecule has 0 heterocycles. The highest BCUT2D eigenvalue weighted by molar-refractivity contribution is 5.92. The van der Waals surface area contributed by atoms with Crippen LogP contribution in [0.15, 0.2) is 24.3 Å². The first kappa shape index (κ1) is 17.4. The summed E-state index contributed by atoms with van der Waals surface area (Å²) < 4.78 is 5.24. The van der Waals surface area contributed by atoms with Crippen molar-refractivity contribution >= 4 is 17.5 Å². The van der Waals surface area contributed by atoms with Crippen molar-refractivity contribution in [2.75, 3.05) is 19.0 Å². The van der Waals surface area contributed by atoms with Crippen LogP contribution in [0.2, 0.25) is 0 Å². The van der Waals surface area contributed by atoms with E-state index in [0.29, 0.717) is 18.0 Å². The highest BCUT2D eigenvalue weighted by Gasteiger charge is 2.54. The first-order valence-corrected chi connectivity index (χ1v) is 9.79. The van der Waals surface area contributed by atoms with Gasteiger partial charge < -0.3 is 15.4 Å². The molecule has 2 amide bonds. The van der Waals surface area contributed by atoms with Gasteiger partial charge in [0.25, 0.3) is 0 Å². The largest absolute Gasteiger partial charge is 0.495 e. The maximum absolute atomic E-state index is 12.9. The molecule has 4 bridgehead atoms. The molecule has 5 rings (SSSR count). The van der Waals surface area contributed by atoms with Crippen molar-refractivity contribution in [3.63, 3.8) is 0 Å². The van der Waals surface area contributed by atoms with Crippen LogP contribution in [0.4, 0.5) is 5.69 Å². The number of anilines is 1. The summed E-state index contributed by atoms with van der Waals surface area (Å²) in [6, 6.07) is 7.34. The molecule has 2 N–H and O–H groups in total. The van der Waals surface area contributed by atoms with E-state index in [9.17, 15) is 9.59 Å². The molecule has 5 heteroatoms. The third-order valence-corrected chi connectivity index (χ3v) is 6.54. The number of rotatable bonds is 6. The summed E-state index contributed by atoms with van der Waals surface area (Å²) in [4.78, 5) is 25.1. The van der Waals surface area contributed by atoms with Crippen LogP contribution in [-0.2, 0) is 9.59 Å². The fourth-order valence-corrected chi connectivity index (χ4v) is 5.83. The molecule has 0 unspecified atom stereocenters. The maximum atomic E-state index is 12.9. The highest BCUT2D eigenvalue weighted by atomic mass is 16.5. The van der Waals surface area contributed by atoms with E-state index in [0.717, 1.165) is 37.0 Å². The number of para-hydroxylation sites is 2. The fourth-order valence-electron chi connectivity index (χ4n) is 5.83. The van der Waals surface area contributed by atoms with E-state index in [-0.39, 0.29) is 23.7 Å².